The van der Waals surface area contributed by atoms with Crippen molar-refractivity contribution in [1.29, 1.82) is 0 Å². The number of anilines is 2. The van der Waals surface area contributed by atoms with E-state index in [0.29, 0.717) is 25.6 Å². The van der Waals surface area contributed by atoms with Crippen LogP contribution in [0.15, 0.2) is 40.7 Å². The number of aliphatic imine (C=N–C) groups is 1. The highest BCUT2D eigenvalue weighted by Gasteiger charge is 2.20. The second-order valence-corrected chi connectivity index (χ2v) is 8.76. The Hall–Kier alpha value is -2.74. The van der Waals surface area contributed by atoms with E-state index in [1.54, 1.807) is 0 Å². The molecule has 0 saturated carbocycles. The minimum Gasteiger partial charge on any atom is -0.492 e. The van der Waals surface area contributed by atoms with Gasteiger partial charge in [-0.05, 0) is 67.5 Å². The zero-order valence-corrected chi connectivity index (χ0v) is 18.8. The molecule has 3 N–H and O–H groups in total. The average molecular weight is 442 g/mol. The van der Waals surface area contributed by atoms with E-state index in [-0.39, 0.29) is 5.91 Å². The molecule has 0 atom stereocenters. The third kappa shape index (κ3) is 5.91. The molecule has 7 nitrogen and oxygen atoms in total. The number of rotatable bonds is 7. The van der Waals surface area contributed by atoms with E-state index in [9.17, 15) is 4.79 Å². The molecule has 2 aromatic rings. The highest BCUT2D eigenvalue weighted by atomic mass is 32.1. The number of fused-ring (bicyclic) bond motifs is 1. The van der Waals surface area contributed by atoms with Crippen LogP contribution in [0.2, 0.25) is 0 Å². The molecule has 1 amide bonds. The molecule has 2 aliphatic rings. The highest BCUT2D eigenvalue weighted by Crippen LogP contribution is 2.27. The molecule has 0 spiro atoms. The van der Waals surface area contributed by atoms with Crippen molar-refractivity contribution in [2.24, 2.45) is 4.99 Å². The van der Waals surface area contributed by atoms with Gasteiger partial charge in [0.2, 0.25) is 5.91 Å². The van der Waals surface area contributed by atoms with Gasteiger partial charge in [0.15, 0.2) is 5.96 Å². The maximum atomic E-state index is 11.5. The van der Waals surface area contributed by atoms with Gasteiger partial charge in [0.25, 0.3) is 0 Å². The Morgan fingerprint density at radius 3 is 2.94 bits per heavy atom. The number of benzene rings is 1. The van der Waals surface area contributed by atoms with Crippen LogP contribution in [0.5, 0.6) is 5.75 Å². The van der Waals surface area contributed by atoms with Crippen LogP contribution in [0, 0.1) is 0 Å². The fourth-order valence-electron chi connectivity index (χ4n) is 3.98. The van der Waals surface area contributed by atoms with Crippen LogP contribution in [0.1, 0.15) is 31.7 Å². The van der Waals surface area contributed by atoms with Crippen LogP contribution in [0.25, 0.3) is 0 Å². The first-order valence-corrected chi connectivity index (χ1v) is 12.0. The second kappa shape index (κ2) is 10.5. The maximum Gasteiger partial charge on any atom is 0.224 e. The minimum absolute atomic E-state index is 0.0798. The quantitative estimate of drug-likeness (QED) is 0.349. The molecule has 1 fully saturated rings. The van der Waals surface area contributed by atoms with Crippen LogP contribution in [-0.4, -0.2) is 50.7 Å². The summed E-state index contributed by atoms with van der Waals surface area (Å²) in [6.45, 7) is 6.14. The smallest absolute Gasteiger partial charge is 0.224 e. The summed E-state index contributed by atoms with van der Waals surface area (Å²) in [6.07, 6.45) is 3.50. The molecule has 3 heterocycles. The molecule has 0 bridgehead atoms. The van der Waals surface area contributed by atoms with Crippen LogP contribution in [-0.2, 0) is 11.2 Å². The molecule has 166 valence electrons. The molecule has 2 aliphatic heterocycles. The molecule has 1 aromatic carbocycles. The summed E-state index contributed by atoms with van der Waals surface area (Å²) >= 11 is 1.81. The Kier molecular flexibility index (Phi) is 7.30. The number of amides is 1. The van der Waals surface area contributed by atoms with E-state index in [0.717, 1.165) is 61.9 Å². The van der Waals surface area contributed by atoms with E-state index >= 15 is 0 Å². The molecule has 1 saturated heterocycles. The lowest BCUT2D eigenvalue weighted by Crippen LogP contribution is -2.48. The van der Waals surface area contributed by atoms with Gasteiger partial charge in [-0.1, -0.05) is 0 Å². The summed E-state index contributed by atoms with van der Waals surface area (Å²) < 4.78 is 5.89. The van der Waals surface area contributed by atoms with Gasteiger partial charge in [-0.25, -0.2) is 4.99 Å². The lowest BCUT2D eigenvalue weighted by Gasteiger charge is -2.33. The Bertz CT molecular complexity index is 891. The third-order valence-electron chi connectivity index (χ3n) is 5.60. The van der Waals surface area contributed by atoms with Gasteiger partial charge < -0.3 is 25.6 Å². The topological polar surface area (TPSA) is 78.0 Å². The Labute approximate surface area is 187 Å². The van der Waals surface area contributed by atoms with Crippen LogP contribution in [0.4, 0.5) is 10.7 Å². The first-order chi connectivity index (χ1) is 15.2. The molecular weight excluding hydrogens is 410 g/mol. The zero-order chi connectivity index (χ0) is 21.5. The number of hydrogen-bond acceptors (Lipinski definition) is 5. The number of carbonyl (C=O) groups excluding carboxylic acids is 1. The average Bonchev–Trinajstić information content (AvgIpc) is 3.32. The lowest BCUT2D eigenvalue weighted by molar-refractivity contribution is -0.116. The van der Waals surface area contributed by atoms with Crippen LogP contribution >= 0.6 is 11.3 Å². The van der Waals surface area contributed by atoms with Crippen molar-refractivity contribution in [2.45, 2.75) is 38.6 Å². The van der Waals surface area contributed by atoms with Crippen molar-refractivity contribution in [3.05, 3.63) is 41.3 Å². The molecule has 1 aromatic heterocycles. The number of carbonyl (C=O) groups is 1. The van der Waals surface area contributed by atoms with Gasteiger partial charge in [-0.2, -0.15) is 0 Å². The van der Waals surface area contributed by atoms with Crippen molar-refractivity contribution >= 4 is 33.9 Å². The minimum atomic E-state index is 0.0798. The number of piperidine rings is 1. The SMILES string of the molecule is CCNC(=NCCOc1ccc2c(c1)CCC(=O)N2)NC1CCN(c2cccs2)CC1. The summed E-state index contributed by atoms with van der Waals surface area (Å²) in [5.74, 6) is 1.76. The first-order valence-electron chi connectivity index (χ1n) is 11.1. The lowest BCUT2D eigenvalue weighted by atomic mass is 10.0. The monoisotopic (exact) mass is 441 g/mol. The van der Waals surface area contributed by atoms with Gasteiger partial charge in [-0.15, -0.1) is 11.3 Å². The fraction of sp³-hybridized carbons (Fsp3) is 0.478. The summed E-state index contributed by atoms with van der Waals surface area (Å²) in [5, 5.41) is 13.3. The van der Waals surface area contributed by atoms with Crippen molar-refractivity contribution in [1.82, 2.24) is 10.6 Å². The number of guanidine groups is 1. The van der Waals surface area contributed by atoms with Crippen molar-refractivity contribution in [2.75, 3.05) is 43.0 Å². The summed E-state index contributed by atoms with van der Waals surface area (Å²) in [7, 11) is 0. The first kappa shape index (κ1) is 21.5. The Morgan fingerprint density at radius 1 is 1.29 bits per heavy atom. The Balaban J connectivity index is 1.23. The number of ether oxygens (including phenoxy) is 1. The molecule has 31 heavy (non-hydrogen) atoms. The normalized spacial score (nSPS) is 17.1. The summed E-state index contributed by atoms with van der Waals surface area (Å²) in [4.78, 5) is 18.6. The maximum absolute atomic E-state index is 11.5. The molecule has 0 radical (unpaired) electrons. The van der Waals surface area contributed by atoms with Gasteiger partial charge in [0.05, 0.1) is 11.5 Å². The largest absolute Gasteiger partial charge is 0.492 e. The molecule has 0 aliphatic carbocycles. The molecular formula is C23H31N5O2S. The molecule has 4 rings (SSSR count). The van der Waals surface area contributed by atoms with Crippen LogP contribution in [0.3, 0.4) is 0 Å². The number of nitrogens with zero attached hydrogens (tertiary/aromatic N) is 2. The standard InChI is InChI=1S/C23H31N5O2S/c1-2-24-23(26-18-9-12-28(13-10-18)22-4-3-15-31-22)25-11-14-30-19-6-7-20-17(16-19)5-8-21(29)27-20/h3-4,6-7,15-16,18H,2,5,8-14H2,1H3,(H,27,29)(H2,24,25,26). The van der Waals surface area contributed by atoms with Gasteiger partial charge >= 0.3 is 0 Å². The second-order valence-electron chi connectivity index (χ2n) is 7.83. The number of thiophene rings is 1. The van der Waals surface area contributed by atoms with E-state index in [4.69, 9.17) is 4.74 Å². The third-order valence-corrected chi connectivity index (χ3v) is 6.53. The van der Waals surface area contributed by atoms with Gasteiger partial charge in [0.1, 0.15) is 12.4 Å². The Morgan fingerprint density at radius 2 is 2.16 bits per heavy atom. The predicted molar refractivity (Wildman–Crippen MR) is 128 cm³/mol. The fourth-order valence-corrected chi connectivity index (χ4v) is 4.76. The number of nitrogens with one attached hydrogen (secondary N) is 3. The van der Waals surface area contributed by atoms with E-state index in [1.807, 2.05) is 29.5 Å². The highest BCUT2D eigenvalue weighted by molar-refractivity contribution is 7.14. The number of hydrogen-bond donors (Lipinski definition) is 3. The van der Waals surface area contributed by atoms with E-state index < -0.39 is 0 Å². The van der Waals surface area contributed by atoms with Gasteiger partial charge in [0, 0.05) is 37.8 Å². The molecule has 0 unspecified atom stereocenters. The summed E-state index contributed by atoms with van der Waals surface area (Å²) in [6, 6.07) is 10.6. The van der Waals surface area contributed by atoms with E-state index in [2.05, 4.69) is 50.3 Å². The zero-order valence-electron chi connectivity index (χ0n) is 18.0. The number of aryl methyl sites for hydroxylation is 1. The van der Waals surface area contributed by atoms with E-state index in [1.165, 1.54) is 5.00 Å². The predicted octanol–water partition coefficient (Wildman–Crippen LogP) is 3.24. The van der Waals surface area contributed by atoms with Crippen molar-refractivity contribution in [3.8, 4) is 5.75 Å². The molecule has 8 heteroatoms. The van der Waals surface area contributed by atoms with Crippen molar-refractivity contribution < 1.29 is 9.53 Å². The van der Waals surface area contributed by atoms with Crippen molar-refractivity contribution in [3.63, 3.8) is 0 Å². The van der Waals surface area contributed by atoms with Crippen LogP contribution < -0.4 is 25.6 Å². The van der Waals surface area contributed by atoms with Gasteiger partial charge in [-0.3, -0.25) is 4.79 Å². The summed E-state index contributed by atoms with van der Waals surface area (Å²) in [5.41, 5.74) is 2.02.